The summed E-state index contributed by atoms with van der Waals surface area (Å²) in [7, 11) is 1.47. The predicted molar refractivity (Wildman–Crippen MR) is 136 cm³/mol. The Morgan fingerprint density at radius 2 is 1.42 bits per heavy atom. The molecule has 0 atom stereocenters. The van der Waals surface area contributed by atoms with Crippen LogP contribution in [-0.4, -0.2) is 39.8 Å². The Bertz CT molecular complexity index is 1390. The van der Waals surface area contributed by atoms with Crippen molar-refractivity contribution in [3.05, 3.63) is 106 Å². The van der Waals surface area contributed by atoms with Crippen molar-refractivity contribution in [1.82, 2.24) is 0 Å². The molecule has 4 rings (SSSR count). The number of ketones is 3. The third kappa shape index (κ3) is 5.52. The number of Topliss-reactive ketones (excluding diaryl/α,β-unsaturated/α-hetero) is 2. The third-order valence-electron chi connectivity index (χ3n) is 5.51. The molecule has 0 amide bonds. The number of methoxy groups -OCH3 is 1. The quantitative estimate of drug-likeness (QED) is 0.250. The first-order chi connectivity index (χ1) is 17.1. The van der Waals surface area contributed by atoms with Crippen molar-refractivity contribution in [2.24, 2.45) is 0 Å². The minimum atomic E-state index is -0.608. The molecule has 0 heterocycles. The van der Waals surface area contributed by atoms with Gasteiger partial charge in [-0.2, -0.15) is 0 Å². The maximum atomic E-state index is 12.1. The number of aromatic hydroxyl groups is 2. The maximum Gasteiger partial charge on any atom is 0.234 e. The van der Waals surface area contributed by atoms with Crippen LogP contribution in [0.25, 0.3) is 5.76 Å². The third-order valence-corrected chi connectivity index (χ3v) is 5.51. The monoisotopic (exact) mass is 486 g/mol. The van der Waals surface area contributed by atoms with E-state index in [1.807, 2.05) is 19.9 Å². The fraction of sp³-hybridized carbons (Fsp3) is 0.138. The number of rotatable bonds is 5. The zero-order valence-electron chi connectivity index (χ0n) is 20.1. The van der Waals surface area contributed by atoms with Crippen molar-refractivity contribution < 1.29 is 34.4 Å². The summed E-state index contributed by atoms with van der Waals surface area (Å²) in [6.07, 6.45) is 2.11. The van der Waals surface area contributed by atoms with Crippen molar-refractivity contribution in [3.63, 3.8) is 0 Å². The molecule has 0 fully saturated rings. The van der Waals surface area contributed by atoms with Gasteiger partial charge in [-0.25, -0.2) is 0 Å². The number of allylic oxidation sites excluding steroid dienone is 3. The zero-order chi connectivity index (χ0) is 26.4. The van der Waals surface area contributed by atoms with Gasteiger partial charge in [0, 0.05) is 22.8 Å². The van der Waals surface area contributed by atoms with Gasteiger partial charge in [-0.05, 0) is 44.5 Å². The number of carbonyl (C=O) groups is 3. The molecule has 0 aromatic heterocycles. The van der Waals surface area contributed by atoms with Crippen LogP contribution < -0.4 is 4.74 Å². The highest BCUT2D eigenvalue weighted by Gasteiger charge is 2.31. The number of phenols is 2. The summed E-state index contributed by atoms with van der Waals surface area (Å²) < 4.78 is 4.94. The molecule has 0 saturated heterocycles. The van der Waals surface area contributed by atoms with Crippen LogP contribution in [-0.2, 0) is 4.79 Å². The SMILES string of the molecule is CC(C)=CCC1=C(O)c2ccccc2C(=O)C1=O.COc1ccc(C(=O)c2ccccc2O)c(O)c1. The van der Waals surface area contributed by atoms with Crippen molar-refractivity contribution in [1.29, 1.82) is 0 Å². The molecule has 0 bridgehead atoms. The van der Waals surface area contributed by atoms with Crippen LogP contribution in [0.4, 0.5) is 0 Å². The molecule has 0 spiro atoms. The molecule has 0 unspecified atom stereocenters. The van der Waals surface area contributed by atoms with Gasteiger partial charge in [0.1, 0.15) is 23.0 Å². The number of hydrogen-bond acceptors (Lipinski definition) is 7. The second-order valence-electron chi connectivity index (χ2n) is 8.25. The Morgan fingerprint density at radius 1 is 0.806 bits per heavy atom. The van der Waals surface area contributed by atoms with E-state index in [-0.39, 0.29) is 45.9 Å². The largest absolute Gasteiger partial charge is 0.507 e. The minimum absolute atomic E-state index is 0.0762. The lowest BCUT2D eigenvalue weighted by Gasteiger charge is -2.16. The van der Waals surface area contributed by atoms with Crippen molar-refractivity contribution in [3.8, 4) is 17.2 Å². The lowest BCUT2D eigenvalue weighted by Crippen LogP contribution is -2.23. The predicted octanol–water partition coefficient (Wildman–Crippen LogP) is 5.41. The highest BCUT2D eigenvalue weighted by molar-refractivity contribution is 6.52. The maximum absolute atomic E-state index is 12.1. The van der Waals surface area contributed by atoms with Gasteiger partial charge < -0.3 is 20.1 Å². The van der Waals surface area contributed by atoms with Crippen LogP contribution >= 0.6 is 0 Å². The normalized spacial score (nSPS) is 12.3. The number of benzene rings is 3. The van der Waals surface area contributed by atoms with Gasteiger partial charge >= 0.3 is 0 Å². The number of ether oxygens (including phenoxy) is 1. The zero-order valence-corrected chi connectivity index (χ0v) is 20.1. The van der Waals surface area contributed by atoms with E-state index < -0.39 is 17.3 Å². The average Bonchev–Trinajstić information content (AvgIpc) is 2.87. The van der Waals surface area contributed by atoms with E-state index in [1.165, 1.54) is 31.4 Å². The molecule has 36 heavy (non-hydrogen) atoms. The van der Waals surface area contributed by atoms with E-state index in [4.69, 9.17) is 4.74 Å². The standard InChI is InChI=1S/C15H14O3.C14H12O4/c1-9(2)7-8-12-13(16)10-5-3-4-6-11(10)14(17)15(12)18;1-18-9-6-7-11(13(16)8-9)14(17)10-4-2-3-5-12(10)15/h3-7,16H,8H2,1-2H3;2-8,15-16H,1H3. The second kappa shape index (κ2) is 11.2. The van der Waals surface area contributed by atoms with Crippen LogP contribution in [0, 0.1) is 0 Å². The van der Waals surface area contributed by atoms with E-state index in [2.05, 4.69) is 0 Å². The molecular weight excluding hydrogens is 460 g/mol. The van der Waals surface area contributed by atoms with E-state index >= 15 is 0 Å². The molecular formula is C29H26O7. The van der Waals surface area contributed by atoms with Crippen LogP contribution in [0.5, 0.6) is 17.2 Å². The molecule has 3 aromatic rings. The highest BCUT2D eigenvalue weighted by atomic mass is 16.5. The molecule has 7 heteroatoms. The number of para-hydroxylation sites is 1. The van der Waals surface area contributed by atoms with E-state index in [0.29, 0.717) is 11.3 Å². The van der Waals surface area contributed by atoms with E-state index in [0.717, 1.165) is 5.57 Å². The smallest absolute Gasteiger partial charge is 0.234 e. The molecule has 184 valence electrons. The van der Waals surface area contributed by atoms with Gasteiger partial charge in [-0.3, -0.25) is 14.4 Å². The average molecular weight is 487 g/mol. The second-order valence-corrected chi connectivity index (χ2v) is 8.25. The summed E-state index contributed by atoms with van der Waals surface area (Å²) in [6, 6.07) is 17.2. The Kier molecular flexibility index (Phi) is 8.07. The van der Waals surface area contributed by atoms with Gasteiger partial charge in [0.2, 0.25) is 11.6 Å². The van der Waals surface area contributed by atoms with Crippen LogP contribution in [0.1, 0.15) is 52.1 Å². The Labute approximate surface area is 208 Å². The molecule has 0 radical (unpaired) electrons. The van der Waals surface area contributed by atoms with Gasteiger partial charge in [0.05, 0.1) is 18.2 Å². The molecule has 3 aromatic carbocycles. The van der Waals surface area contributed by atoms with E-state index in [1.54, 1.807) is 42.5 Å². The fourth-order valence-electron chi connectivity index (χ4n) is 3.55. The number of carbonyl (C=O) groups excluding carboxylic acids is 3. The van der Waals surface area contributed by atoms with Crippen LogP contribution in [0.3, 0.4) is 0 Å². The first-order valence-corrected chi connectivity index (χ1v) is 11.1. The van der Waals surface area contributed by atoms with Crippen LogP contribution in [0.2, 0.25) is 0 Å². The van der Waals surface area contributed by atoms with Gasteiger partial charge in [-0.15, -0.1) is 0 Å². The molecule has 0 aliphatic heterocycles. The van der Waals surface area contributed by atoms with Crippen molar-refractivity contribution in [2.45, 2.75) is 20.3 Å². The summed E-state index contributed by atoms with van der Waals surface area (Å²) in [5.74, 6) is -1.49. The van der Waals surface area contributed by atoms with E-state index in [9.17, 15) is 29.7 Å². The first-order valence-electron chi connectivity index (χ1n) is 11.1. The molecule has 1 aliphatic rings. The highest BCUT2D eigenvalue weighted by Crippen LogP contribution is 2.30. The molecule has 7 nitrogen and oxygen atoms in total. The molecule has 3 N–H and O–H groups in total. The van der Waals surface area contributed by atoms with Gasteiger partial charge in [-0.1, -0.05) is 48.0 Å². The van der Waals surface area contributed by atoms with Crippen LogP contribution in [0.15, 0.2) is 84.0 Å². The number of aliphatic hydroxyl groups is 1. The molecule has 0 saturated carbocycles. The number of phenolic OH excluding ortho intramolecular Hbond substituents is 2. The summed E-state index contributed by atoms with van der Waals surface area (Å²) in [4.78, 5) is 35.9. The first kappa shape index (κ1) is 26.0. The van der Waals surface area contributed by atoms with Gasteiger partial charge in [0.15, 0.2) is 5.78 Å². The Balaban J connectivity index is 0.000000201. The lowest BCUT2D eigenvalue weighted by molar-refractivity contribution is -0.112. The Hall–Kier alpha value is -4.65. The topological polar surface area (TPSA) is 121 Å². The number of aliphatic hydroxyl groups excluding tert-OH is 1. The van der Waals surface area contributed by atoms with Gasteiger partial charge in [0.25, 0.3) is 0 Å². The fourth-order valence-corrected chi connectivity index (χ4v) is 3.55. The lowest BCUT2D eigenvalue weighted by atomic mass is 9.87. The Morgan fingerprint density at radius 3 is 2.03 bits per heavy atom. The minimum Gasteiger partial charge on any atom is -0.507 e. The number of hydrogen-bond donors (Lipinski definition) is 3. The number of fused-ring (bicyclic) bond motifs is 1. The molecule has 1 aliphatic carbocycles. The summed E-state index contributed by atoms with van der Waals surface area (Å²) in [6.45, 7) is 3.81. The summed E-state index contributed by atoms with van der Waals surface area (Å²) in [5, 5.41) is 29.5. The van der Waals surface area contributed by atoms with Crippen molar-refractivity contribution >= 4 is 23.1 Å². The van der Waals surface area contributed by atoms with Crippen molar-refractivity contribution in [2.75, 3.05) is 7.11 Å². The summed E-state index contributed by atoms with van der Waals surface area (Å²) in [5.41, 5.74) is 2.21. The summed E-state index contributed by atoms with van der Waals surface area (Å²) >= 11 is 0.